The van der Waals surface area contributed by atoms with Gasteiger partial charge < -0.3 is 0 Å². The first-order valence-electron chi connectivity index (χ1n) is 2.99. The number of hydroxylamine groups is 3. The molecule has 0 radical (unpaired) electrons. The fourth-order valence-electron chi connectivity index (χ4n) is 0.370. The van der Waals surface area contributed by atoms with E-state index in [0.717, 1.165) is 0 Å². The molecule has 0 spiro atoms. The summed E-state index contributed by atoms with van der Waals surface area (Å²) in [5, 5.41) is 0. The summed E-state index contributed by atoms with van der Waals surface area (Å²) in [6, 6.07) is 0. The highest BCUT2D eigenvalue weighted by Crippen LogP contribution is 1.94. The highest BCUT2D eigenvalue weighted by atomic mass is 16.7. The molecule has 0 bridgehead atoms. The molecule has 0 saturated heterocycles. The lowest BCUT2D eigenvalue weighted by molar-refractivity contribution is -1.04. The molecule has 9 heavy (non-hydrogen) atoms. The Bertz CT molecular complexity index is 104. The number of carbonyl (C=O) groups is 1. The topological polar surface area (TPSA) is 26.3 Å². The van der Waals surface area contributed by atoms with E-state index in [9.17, 15) is 4.79 Å². The van der Waals surface area contributed by atoms with Crippen LogP contribution in [0.4, 0.5) is 0 Å². The fourth-order valence-corrected chi connectivity index (χ4v) is 0.370. The van der Waals surface area contributed by atoms with E-state index in [2.05, 4.69) is 0 Å². The zero-order valence-electron chi connectivity index (χ0n) is 6.47. The van der Waals surface area contributed by atoms with Gasteiger partial charge in [-0.3, -0.25) is 4.84 Å². The summed E-state index contributed by atoms with van der Waals surface area (Å²) in [7, 11) is 5.40. The van der Waals surface area contributed by atoms with Crippen molar-refractivity contribution in [1.82, 2.24) is 0 Å². The average molecular weight is 132 g/mol. The van der Waals surface area contributed by atoms with E-state index in [4.69, 9.17) is 4.84 Å². The third kappa shape index (κ3) is 5.30. The Morgan fingerprint density at radius 3 is 2.00 bits per heavy atom. The van der Waals surface area contributed by atoms with E-state index in [1.807, 2.05) is 0 Å². The fraction of sp³-hybridized carbons (Fsp3) is 0.833. The van der Waals surface area contributed by atoms with Crippen molar-refractivity contribution in [3.8, 4) is 0 Å². The van der Waals surface area contributed by atoms with Crippen LogP contribution in [0.25, 0.3) is 0 Å². The third-order valence-electron chi connectivity index (χ3n) is 0.664. The molecule has 0 rings (SSSR count). The summed E-state index contributed by atoms with van der Waals surface area (Å²) >= 11 is 0. The van der Waals surface area contributed by atoms with E-state index in [1.54, 1.807) is 28.1 Å². The predicted octanol–water partition coefficient (Wildman–Crippen LogP) is 0.561. The molecule has 0 atom stereocenters. The summed E-state index contributed by atoms with van der Waals surface area (Å²) in [6.07, 6.45) is 0.440. The zero-order chi connectivity index (χ0) is 7.49. The molecule has 0 aromatic heterocycles. The standard InChI is InChI=1S/C6H14NO2/c1-5-6(8)9-7(2,3)4/h5H2,1-4H3/q+1. The van der Waals surface area contributed by atoms with Crippen molar-refractivity contribution in [2.45, 2.75) is 13.3 Å². The molecule has 0 N–H and O–H groups in total. The second kappa shape index (κ2) is 2.82. The van der Waals surface area contributed by atoms with Crippen molar-refractivity contribution in [2.24, 2.45) is 0 Å². The molecule has 0 unspecified atom stereocenters. The molecule has 0 saturated carbocycles. The number of hydrogen-bond acceptors (Lipinski definition) is 2. The maximum Gasteiger partial charge on any atom is 0.366 e. The van der Waals surface area contributed by atoms with E-state index in [1.165, 1.54) is 0 Å². The van der Waals surface area contributed by atoms with Gasteiger partial charge >= 0.3 is 5.97 Å². The van der Waals surface area contributed by atoms with E-state index < -0.39 is 0 Å². The second-order valence-corrected chi connectivity index (χ2v) is 2.71. The van der Waals surface area contributed by atoms with Gasteiger partial charge in [-0.1, -0.05) is 6.92 Å². The maximum absolute atomic E-state index is 10.6. The Hall–Kier alpha value is -0.570. The van der Waals surface area contributed by atoms with Gasteiger partial charge in [0, 0.05) is 6.42 Å². The molecule has 0 aliphatic carbocycles. The van der Waals surface area contributed by atoms with Gasteiger partial charge in [0.15, 0.2) is 0 Å². The van der Waals surface area contributed by atoms with Crippen LogP contribution in [0.15, 0.2) is 0 Å². The Kier molecular flexibility index (Phi) is 2.65. The van der Waals surface area contributed by atoms with E-state index >= 15 is 0 Å². The quantitative estimate of drug-likeness (QED) is 0.405. The van der Waals surface area contributed by atoms with Crippen molar-refractivity contribution in [2.75, 3.05) is 21.1 Å². The molecule has 0 fully saturated rings. The SMILES string of the molecule is CCC(=O)O[N+](C)(C)C. The Labute approximate surface area is 55.8 Å². The Morgan fingerprint density at radius 1 is 1.44 bits per heavy atom. The van der Waals surface area contributed by atoms with Crippen LogP contribution in [0, 0.1) is 0 Å². The molecular formula is C6H14NO2+. The molecule has 3 nitrogen and oxygen atoms in total. The van der Waals surface area contributed by atoms with Gasteiger partial charge in [-0.2, -0.15) is 0 Å². The van der Waals surface area contributed by atoms with Crippen LogP contribution in [-0.4, -0.2) is 31.8 Å². The van der Waals surface area contributed by atoms with Crippen molar-refractivity contribution in [1.29, 1.82) is 0 Å². The van der Waals surface area contributed by atoms with Crippen molar-refractivity contribution < 1.29 is 14.3 Å². The second-order valence-electron chi connectivity index (χ2n) is 2.71. The summed E-state index contributed by atoms with van der Waals surface area (Å²) < 4.78 is 0.243. The lowest BCUT2D eigenvalue weighted by atomic mass is 10.5. The Morgan fingerprint density at radius 2 is 1.89 bits per heavy atom. The Balaban J connectivity index is 3.60. The molecule has 0 heterocycles. The van der Waals surface area contributed by atoms with Gasteiger partial charge in [0.05, 0.1) is 0 Å². The summed E-state index contributed by atoms with van der Waals surface area (Å²) in [5.41, 5.74) is 0. The minimum Gasteiger partial charge on any atom is -0.277 e. The van der Waals surface area contributed by atoms with Gasteiger partial charge in [-0.15, -0.1) is 4.65 Å². The summed E-state index contributed by atoms with van der Waals surface area (Å²) in [6.45, 7) is 1.78. The lowest BCUT2D eigenvalue weighted by Gasteiger charge is -2.19. The van der Waals surface area contributed by atoms with Gasteiger partial charge in [-0.25, -0.2) is 4.79 Å². The number of nitrogens with zero attached hydrogens (tertiary/aromatic N) is 1. The molecular weight excluding hydrogens is 118 g/mol. The first-order chi connectivity index (χ1) is 3.95. The van der Waals surface area contributed by atoms with E-state index in [-0.39, 0.29) is 10.6 Å². The molecule has 3 heteroatoms. The van der Waals surface area contributed by atoms with Crippen LogP contribution in [0.2, 0.25) is 0 Å². The molecule has 54 valence electrons. The minimum atomic E-state index is -0.164. The highest BCUT2D eigenvalue weighted by molar-refractivity contribution is 5.68. The number of hydrogen-bond donors (Lipinski definition) is 0. The van der Waals surface area contributed by atoms with E-state index in [0.29, 0.717) is 6.42 Å². The zero-order valence-corrected chi connectivity index (χ0v) is 6.47. The van der Waals surface area contributed by atoms with Gasteiger partial charge in [-0.05, 0) is 0 Å². The van der Waals surface area contributed by atoms with Crippen LogP contribution in [0.1, 0.15) is 13.3 Å². The van der Waals surface area contributed by atoms with Crippen molar-refractivity contribution in [3.05, 3.63) is 0 Å². The monoisotopic (exact) mass is 132 g/mol. The number of quaternary nitrogens is 1. The van der Waals surface area contributed by atoms with Crippen molar-refractivity contribution in [3.63, 3.8) is 0 Å². The molecule has 0 aromatic rings. The average Bonchev–Trinajstić information content (AvgIpc) is 1.62. The highest BCUT2D eigenvalue weighted by Gasteiger charge is 2.12. The van der Waals surface area contributed by atoms with Crippen LogP contribution in [0.5, 0.6) is 0 Å². The van der Waals surface area contributed by atoms with Crippen LogP contribution < -0.4 is 0 Å². The lowest BCUT2D eigenvalue weighted by Crippen LogP contribution is -2.36. The van der Waals surface area contributed by atoms with Crippen LogP contribution in [-0.2, 0) is 9.63 Å². The predicted molar refractivity (Wildman–Crippen MR) is 34.4 cm³/mol. The van der Waals surface area contributed by atoms with Crippen molar-refractivity contribution >= 4 is 5.97 Å². The normalized spacial score (nSPS) is 11.1. The summed E-state index contributed by atoms with van der Waals surface area (Å²) in [4.78, 5) is 15.5. The first-order valence-corrected chi connectivity index (χ1v) is 2.99. The van der Waals surface area contributed by atoms with Gasteiger partial charge in [0.25, 0.3) is 0 Å². The molecule has 0 aromatic carbocycles. The smallest absolute Gasteiger partial charge is 0.277 e. The minimum absolute atomic E-state index is 0.164. The van der Waals surface area contributed by atoms with Gasteiger partial charge in [0.1, 0.15) is 21.1 Å². The first kappa shape index (κ1) is 8.43. The molecule has 0 aliphatic rings. The maximum atomic E-state index is 10.6. The summed E-state index contributed by atoms with van der Waals surface area (Å²) in [5.74, 6) is -0.164. The van der Waals surface area contributed by atoms with Crippen LogP contribution >= 0.6 is 0 Å². The molecule has 0 amide bonds. The number of carbonyl (C=O) groups excluding carboxylic acids is 1. The van der Waals surface area contributed by atoms with Crippen LogP contribution in [0.3, 0.4) is 0 Å². The molecule has 0 aliphatic heterocycles. The number of rotatable bonds is 2. The van der Waals surface area contributed by atoms with Gasteiger partial charge in [0.2, 0.25) is 0 Å². The largest absolute Gasteiger partial charge is 0.366 e. The third-order valence-corrected chi connectivity index (χ3v) is 0.664.